The van der Waals surface area contributed by atoms with Crippen molar-refractivity contribution < 1.29 is 4.92 Å². The monoisotopic (exact) mass is 182 g/mol. The zero-order valence-corrected chi connectivity index (χ0v) is 7.39. The van der Waals surface area contributed by atoms with E-state index in [1.807, 2.05) is 0 Å². The first kappa shape index (κ1) is 9.24. The van der Waals surface area contributed by atoms with Crippen LogP contribution in [0, 0.1) is 10.1 Å². The van der Waals surface area contributed by atoms with Gasteiger partial charge in [0.2, 0.25) is 0 Å². The molecule has 13 heavy (non-hydrogen) atoms. The van der Waals surface area contributed by atoms with E-state index in [-0.39, 0.29) is 11.5 Å². The van der Waals surface area contributed by atoms with Gasteiger partial charge in [-0.1, -0.05) is 0 Å². The van der Waals surface area contributed by atoms with E-state index < -0.39 is 4.92 Å². The number of pyridine rings is 1. The van der Waals surface area contributed by atoms with Gasteiger partial charge in [-0.05, 0) is 0 Å². The average molecular weight is 182 g/mol. The van der Waals surface area contributed by atoms with E-state index in [1.165, 1.54) is 12.1 Å². The molecule has 2 N–H and O–H groups in total. The number of nitrogens with zero attached hydrogens (tertiary/aromatic N) is 3. The van der Waals surface area contributed by atoms with Crippen LogP contribution >= 0.6 is 0 Å². The lowest BCUT2D eigenvalue weighted by Crippen LogP contribution is -2.11. The minimum absolute atomic E-state index is 0.0452. The van der Waals surface area contributed by atoms with Crippen LogP contribution in [0.1, 0.15) is 0 Å². The van der Waals surface area contributed by atoms with Gasteiger partial charge in [0.25, 0.3) is 5.69 Å². The summed E-state index contributed by atoms with van der Waals surface area (Å²) in [4.78, 5) is 15.5. The predicted molar refractivity (Wildman–Crippen MR) is 49.6 cm³/mol. The van der Waals surface area contributed by atoms with Crippen molar-refractivity contribution in [3.63, 3.8) is 0 Å². The van der Waals surface area contributed by atoms with E-state index in [1.54, 1.807) is 19.0 Å². The maximum atomic E-state index is 10.4. The van der Waals surface area contributed by atoms with E-state index in [0.717, 1.165) is 0 Å². The fourth-order valence-electron chi connectivity index (χ4n) is 0.857. The minimum Gasteiger partial charge on any atom is -0.383 e. The molecule has 1 aromatic rings. The molecule has 0 aliphatic rings. The summed E-state index contributed by atoms with van der Waals surface area (Å²) in [5, 5.41) is 10.4. The molecule has 0 atom stereocenters. The molecule has 1 aromatic heterocycles. The predicted octanol–water partition coefficient (Wildman–Crippen LogP) is 0.638. The summed E-state index contributed by atoms with van der Waals surface area (Å²) in [6.07, 6.45) is 0. The van der Waals surface area contributed by atoms with Crippen LogP contribution in [0.3, 0.4) is 0 Å². The quantitative estimate of drug-likeness (QED) is 0.535. The van der Waals surface area contributed by atoms with Crippen LogP contribution < -0.4 is 10.6 Å². The fraction of sp³-hybridized carbons (Fsp3) is 0.286. The van der Waals surface area contributed by atoms with Crippen molar-refractivity contribution in [3.05, 3.63) is 22.2 Å². The van der Waals surface area contributed by atoms with Gasteiger partial charge in [0.1, 0.15) is 11.6 Å². The summed E-state index contributed by atoms with van der Waals surface area (Å²) in [5.41, 5.74) is 5.35. The Bertz CT molecular complexity index is 337. The second-order valence-corrected chi connectivity index (χ2v) is 2.76. The molecule has 0 saturated heterocycles. The first-order valence-electron chi connectivity index (χ1n) is 3.60. The second kappa shape index (κ2) is 3.26. The van der Waals surface area contributed by atoms with Crippen molar-refractivity contribution in [1.29, 1.82) is 0 Å². The van der Waals surface area contributed by atoms with Gasteiger partial charge >= 0.3 is 0 Å². The van der Waals surface area contributed by atoms with E-state index in [9.17, 15) is 10.1 Å². The van der Waals surface area contributed by atoms with E-state index >= 15 is 0 Å². The van der Waals surface area contributed by atoms with Crippen molar-refractivity contribution in [2.45, 2.75) is 0 Å². The fourth-order valence-corrected chi connectivity index (χ4v) is 0.857. The molecule has 0 fully saturated rings. The standard InChI is InChI=1S/C7H10N4O2/c1-10(2)7-4-5(11(12)13)3-6(8)9-7/h3-4H,1-2H3,(H2,8,9). The Hall–Kier alpha value is -1.85. The number of anilines is 2. The first-order chi connectivity index (χ1) is 6.00. The molecule has 0 aliphatic carbocycles. The van der Waals surface area contributed by atoms with Gasteiger partial charge in [0.05, 0.1) is 17.1 Å². The SMILES string of the molecule is CN(C)c1cc([N+](=O)[O-])cc(N)n1. The lowest BCUT2D eigenvalue weighted by molar-refractivity contribution is -0.384. The van der Waals surface area contributed by atoms with Crippen molar-refractivity contribution in [1.82, 2.24) is 4.98 Å². The summed E-state index contributed by atoms with van der Waals surface area (Å²) in [6.45, 7) is 0. The Morgan fingerprint density at radius 3 is 2.62 bits per heavy atom. The zero-order valence-electron chi connectivity index (χ0n) is 7.39. The van der Waals surface area contributed by atoms with Gasteiger partial charge in [-0.3, -0.25) is 10.1 Å². The molecule has 1 heterocycles. The van der Waals surface area contributed by atoms with Gasteiger partial charge in [0.15, 0.2) is 0 Å². The minimum atomic E-state index is -0.495. The highest BCUT2D eigenvalue weighted by atomic mass is 16.6. The molecular formula is C7H10N4O2. The van der Waals surface area contributed by atoms with E-state index in [4.69, 9.17) is 5.73 Å². The molecule has 0 amide bonds. The van der Waals surface area contributed by atoms with Gasteiger partial charge < -0.3 is 10.6 Å². The summed E-state index contributed by atoms with van der Waals surface area (Å²) >= 11 is 0. The largest absolute Gasteiger partial charge is 0.383 e. The van der Waals surface area contributed by atoms with Gasteiger partial charge in [-0.15, -0.1) is 0 Å². The third-order valence-electron chi connectivity index (χ3n) is 1.49. The summed E-state index contributed by atoms with van der Waals surface area (Å²) in [6, 6.07) is 2.60. The van der Waals surface area contributed by atoms with Gasteiger partial charge in [0, 0.05) is 14.1 Å². The Balaban J connectivity index is 3.19. The van der Waals surface area contributed by atoms with Crippen LogP contribution in [0.2, 0.25) is 0 Å². The van der Waals surface area contributed by atoms with E-state index in [2.05, 4.69) is 4.98 Å². The molecule has 0 bridgehead atoms. The lowest BCUT2D eigenvalue weighted by atomic mass is 10.3. The summed E-state index contributed by atoms with van der Waals surface area (Å²) in [7, 11) is 3.48. The topological polar surface area (TPSA) is 85.3 Å². The maximum absolute atomic E-state index is 10.4. The first-order valence-corrected chi connectivity index (χ1v) is 3.60. The Kier molecular flexibility index (Phi) is 2.32. The summed E-state index contributed by atoms with van der Waals surface area (Å²) in [5.74, 6) is 0.629. The molecule has 0 aromatic carbocycles. The molecule has 6 heteroatoms. The van der Waals surface area contributed by atoms with Crippen molar-refractivity contribution >= 4 is 17.3 Å². The number of rotatable bonds is 2. The Labute approximate surface area is 75.1 Å². The highest BCUT2D eigenvalue weighted by Crippen LogP contribution is 2.19. The third-order valence-corrected chi connectivity index (χ3v) is 1.49. The molecule has 0 unspecified atom stereocenters. The number of nitro groups is 1. The van der Waals surface area contributed by atoms with Crippen LogP contribution in [-0.2, 0) is 0 Å². The zero-order chi connectivity index (χ0) is 10.0. The van der Waals surface area contributed by atoms with Crippen molar-refractivity contribution in [2.75, 3.05) is 24.7 Å². The normalized spacial score (nSPS) is 9.69. The van der Waals surface area contributed by atoms with Gasteiger partial charge in [-0.25, -0.2) is 4.98 Å². The van der Waals surface area contributed by atoms with Gasteiger partial charge in [-0.2, -0.15) is 0 Å². The molecule has 6 nitrogen and oxygen atoms in total. The van der Waals surface area contributed by atoms with Crippen LogP contribution in [-0.4, -0.2) is 24.0 Å². The van der Waals surface area contributed by atoms with E-state index in [0.29, 0.717) is 5.82 Å². The molecule has 1 rings (SSSR count). The molecule has 0 saturated carbocycles. The number of hydrogen-bond donors (Lipinski definition) is 1. The molecule has 0 spiro atoms. The average Bonchev–Trinajstić information content (AvgIpc) is 2.03. The number of nitrogen functional groups attached to an aromatic ring is 1. The Morgan fingerprint density at radius 2 is 2.15 bits per heavy atom. The smallest absolute Gasteiger partial charge is 0.276 e. The van der Waals surface area contributed by atoms with Crippen LogP contribution in [0.4, 0.5) is 17.3 Å². The van der Waals surface area contributed by atoms with Crippen LogP contribution in [0.5, 0.6) is 0 Å². The Morgan fingerprint density at radius 1 is 1.54 bits per heavy atom. The third kappa shape index (κ3) is 2.05. The molecule has 70 valence electrons. The van der Waals surface area contributed by atoms with Crippen molar-refractivity contribution in [3.8, 4) is 0 Å². The number of aromatic nitrogens is 1. The molecular weight excluding hydrogens is 172 g/mol. The van der Waals surface area contributed by atoms with Crippen molar-refractivity contribution in [2.24, 2.45) is 0 Å². The van der Waals surface area contributed by atoms with Crippen LogP contribution in [0.25, 0.3) is 0 Å². The maximum Gasteiger partial charge on any atom is 0.276 e. The molecule has 0 radical (unpaired) electrons. The lowest BCUT2D eigenvalue weighted by Gasteiger charge is -2.10. The summed E-state index contributed by atoms with van der Waals surface area (Å²) < 4.78 is 0. The van der Waals surface area contributed by atoms with Crippen LogP contribution in [0.15, 0.2) is 12.1 Å². The number of nitrogens with two attached hydrogens (primary N) is 1. The number of hydrogen-bond acceptors (Lipinski definition) is 5. The highest BCUT2D eigenvalue weighted by molar-refractivity contribution is 5.53. The highest BCUT2D eigenvalue weighted by Gasteiger charge is 2.10. The molecule has 0 aliphatic heterocycles. The second-order valence-electron chi connectivity index (χ2n) is 2.76.